The van der Waals surface area contributed by atoms with Gasteiger partial charge in [0.25, 0.3) is 11.8 Å². The summed E-state index contributed by atoms with van der Waals surface area (Å²) in [7, 11) is 0. The number of hydrogen-bond acceptors (Lipinski definition) is 10. The number of aromatic nitrogens is 5. The number of aryl methyl sites for hydroxylation is 2. The number of hydrogen-bond donors (Lipinski definition) is 1. The molecule has 52 heavy (non-hydrogen) atoms. The van der Waals surface area contributed by atoms with Crippen LogP contribution in [0.3, 0.4) is 0 Å². The Balaban J connectivity index is 0.915. The lowest BCUT2D eigenvalue weighted by atomic mass is 10.0. The molecule has 0 spiro atoms. The van der Waals surface area contributed by atoms with Gasteiger partial charge in [0.15, 0.2) is 5.82 Å². The maximum Gasteiger partial charge on any atom is 0.266 e. The highest BCUT2D eigenvalue weighted by Crippen LogP contribution is 2.37. The molecule has 1 unspecified atom stereocenters. The number of unbranched alkanes of at least 4 members (excludes halogenated alkanes) is 1. The zero-order valence-electron chi connectivity index (χ0n) is 28.3. The SMILES string of the molecule is Cc1nnc2n1-c1sc(C#Cc3cnn(CCCCOc4cccc5c4C(=O)N(C4CCC(=O)NC4=O)C5=O)c3)c(Cc3ccccc3)c1COC2. The Kier molecular flexibility index (Phi) is 8.96. The van der Waals surface area contributed by atoms with Crippen molar-refractivity contribution in [2.45, 2.75) is 64.8 Å². The van der Waals surface area contributed by atoms with Gasteiger partial charge >= 0.3 is 0 Å². The molecular weight excluding hydrogens is 683 g/mol. The molecule has 14 heteroatoms. The summed E-state index contributed by atoms with van der Waals surface area (Å²) in [6.45, 7) is 3.78. The summed E-state index contributed by atoms with van der Waals surface area (Å²) in [6, 6.07) is 14.2. The molecular formula is C38H33N7O6S. The number of piperidine rings is 1. The molecule has 8 rings (SSSR count). The largest absolute Gasteiger partial charge is 0.493 e. The number of nitrogens with zero attached hydrogens (tertiary/aromatic N) is 6. The Morgan fingerprint density at radius 2 is 1.87 bits per heavy atom. The van der Waals surface area contributed by atoms with Crippen LogP contribution in [-0.2, 0) is 40.5 Å². The van der Waals surface area contributed by atoms with Gasteiger partial charge in [0.1, 0.15) is 29.2 Å². The van der Waals surface area contributed by atoms with Gasteiger partial charge < -0.3 is 9.47 Å². The second-order valence-electron chi connectivity index (χ2n) is 12.8. The van der Waals surface area contributed by atoms with Crippen molar-refractivity contribution in [2.24, 2.45) is 0 Å². The molecule has 3 aliphatic heterocycles. The number of fused-ring (bicyclic) bond motifs is 4. The predicted molar refractivity (Wildman–Crippen MR) is 188 cm³/mol. The highest BCUT2D eigenvalue weighted by molar-refractivity contribution is 7.15. The van der Waals surface area contributed by atoms with E-state index >= 15 is 0 Å². The summed E-state index contributed by atoms with van der Waals surface area (Å²) < 4.78 is 15.9. The van der Waals surface area contributed by atoms with Crippen molar-refractivity contribution in [2.75, 3.05) is 6.61 Å². The maximum absolute atomic E-state index is 13.3. The molecule has 1 N–H and O–H groups in total. The Morgan fingerprint density at radius 1 is 1.00 bits per heavy atom. The molecule has 4 amide bonds. The topological polar surface area (TPSA) is 151 Å². The molecule has 1 fully saturated rings. The second kappa shape index (κ2) is 14.0. The van der Waals surface area contributed by atoms with E-state index in [4.69, 9.17) is 9.47 Å². The quantitative estimate of drug-likeness (QED) is 0.135. The van der Waals surface area contributed by atoms with Crippen molar-refractivity contribution >= 4 is 35.0 Å². The third-order valence-corrected chi connectivity index (χ3v) is 10.5. The first-order chi connectivity index (χ1) is 25.4. The molecule has 3 aliphatic rings. The van der Waals surface area contributed by atoms with E-state index in [-0.39, 0.29) is 24.0 Å². The Morgan fingerprint density at radius 3 is 2.71 bits per heavy atom. The van der Waals surface area contributed by atoms with Crippen LogP contribution in [0.25, 0.3) is 5.00 Å². The van der Waals surface area contributed by atoms with Gasteiger partial charge in [0, 0.05) is 24.7 Å². The molecule has 1 saturated heterocycles. The van der Waals surface area contributed by atoms with Crippen molar-refractivity contribution in [1.82, 2.24) is 34.8 Å². The van der Waals surface area contributed by atoms with Crippen LogP contribution < -0.4 is 10.1 Å². The van der Waals surface area contributed by atoms with E-state index in [1.54, 1.807) is 35.7 Å². The fourth-order valence-electron chi connectivity index (χ4n) is 6.75. The molecule has 13 nitrogen and oxygen atoms in total. The molecule has 0 saturated carbocycles. The van der Waals surface area contributed by atoms with Gasteiger partial charge in [0.2, 0.25) is 11.8 Å². The standard InChI is InChI=1S/C38H33N7O6S/c1-23-41-42-32-22-50-21-28-27(18-24-8-3-2-4-9-24)31(52-38(28)44(23)32)14-12-25-19-39-43(20-25)16-5-6-17-51-30-11-7-10-26-34(30)37(49)45(36(26)48)29-13-15-33(46)40-35(29)47/h2-4,7-11,19-20,29H,5-6,13,15-18,21-22H2,1H3,(H,40,46,47). The first-order valence-electron chi connectivity index (χ1n) is 17.0. The van der Waals surface area contributed by atoms with Crippen molar-refractivity contribution < 1.29 is 28.7 Å². The number of thiophene rings is 1. The summed E-state index contributed by atoms with van der Waals surface area (Å²) >= 11 is 1.63. The van der Waals surface area contributed by atoms with Gasteiger partial charge in [-0.05, 0) is 55.9 Å². The van der Waals surface area contributed by atoms with Crippen LogP contribution in [0.15, 0.2) is 60.9 Å². The molecule has 262 valence electrons. The van der Waals surface area contributed by atoms with Crippen LogP contribution in [0.2, 0.25) is 0 Å². The van der Waals surface area contributed by atoms with Crippen LogP contribution in [0.1, 0.15) is 85.2 Å². The average molecular weight is 716 g/mol. The molecule has 5 aromatic rings. The van der Waals surface area contributed by atoms with E-state index in [9.17, 15) is 19.2 Å². The number of carbonyl (C=O) groups excluding carboxylic acids is 4. The Labute approximate surface area is 302 Å². The summed E-state index contributed by atoms with van der Waals surface area (Å²) in [5, 5.41) is 16.4. The van der Waals surface area contributed by atoms with Crippen LogP contribution >= 0.6 is 11.3 Å². The number of imide groups is 2. The normalized spacial score (nSPS) is 16.5. The van der Waals surface area contributed by atoms with Crippen molar-refractivity contribution in [1.29, 1.82) is 0 Å². The van der Waals surface area contributed by atoms with Crippen molar-refractivity contribution in [3.05, 3.63) is 111 Å². The molecule has 0 aliphatic carbocycles. The molecule has 2 aromatic carbocycles. The fraction of sp³-hybridized carbons (Fsp3) is 0.289. The van der Waals surface area contributed by atoms with Crippen molar-refractivity contribution in [3.8, 4) is 22.6 Å². The van der Waals surface area contributed by atoms with E-state index in [2.05, 4.69) is 49.2 Å². The predicted octanol–water partition coefficient (Wildman–Crippen LogP) is 4.11. The van der Waals surface area contributed by atoms with Crippen LogP contribution in [-0.4, -0.2) is 65.7 Å². The van der Waals surface area contributed by atoms with Gasteiger partial charge in [-0.15, -0.1) is 21.5 Å². The molecule has 6 heterocycles. The molecule has 3 aromatic heterocycles. The zero-order valence-corrected chi connectivity index (χ0v) is 29.1. The summed E-state index contributed by atoms with van der Waals surface area (Å²) in [6.07, 6.45) is 5.98. The van der Waals surface area contributed by atoms with E-state index < -0.39 is 29.7 Å². The van der Waals surface area contributed by atoms with Crippen LogP contribution in [0.5, 0.6) is 5.75 Å². The smallest absolute Gasteiger partial charge is 0.266 e. The highest BCUT2D eigenvalue weighted by Gasteiger charge is 2.46. The first-order valence-corrected chi connectivity index (χ1v) is 17.9. The molecule has 0 bridgehead atoms. The monoisotopic (exact) mass is 715 g/mol. The van der Waals surface area contributed by atoms with Crippen LogP contribution in [0, 0.1) is 18.8 Å². The minimum atomic E-state index is -1.03. The van der Waals surface area contributed by atoms with E-state index in [0.29, 0.717) is 38.5 Å². The number of amides is 4. The van der Waals surface area contributed by atoms with E-state index in [0.717, 1.165) is 56.0 Å². The number of ether oxygens (including phenoxy) is 2. The van der Waals surface area contributed by atoms with E-state index in [1.807, 2.05) is 36.0 Å². The molecule has 0 radical (unpaired) electrons. The van der Waals surface area contributed by atoms with Crippen molar-refractivity contribution in [3.63, 3.8) is 0 Å². The van der Waals surface area contributed by atoms with Gasteiger partial charge in [-0.25, -0.2) is 0 Å². The molecule has 1 atom stereocenters. The average Bonchev–Trinajstić information content (AvgIpc) is 3.87. The Hall–Kier alpha value is -5.91. The highest BCUT2D eigenvalue weighted by atomic mass is 32.1. The number of rotatable bonds is 9. The third kappa shape index (κ3) is 6.29. The van der Waals surface area contributed by atoms with Gasteiger partial charge in [-0.3, -0.25) is 38.6 Å². The third-order valence-electron chi connectivity index (χ3n) is 9.31. The Bertz CT molecular complexity index is 2300. The van der Waals surface area contributed by atoms with Gasteiger partial charge in [0.05, 0.1) is 41.0 Å². The van der Waals surface area contributed by atoms with Crippen LogP contribution in [0.4, 0.5) is 0 Å². The lowest BCUT2D eigenvalue weighted by Gasteiger charge is -2.27. The summed E-state index contributed by atoms with van der Waals surface area (Å²) in [4.78, 5) is 52.3. The first kappa shape index (κ1) is 33.2. The zero-order chi connectivity index (χ0) is 35.8. The number of carbonyl (C=O) groups is 4. The van der Waals surface area contributed by atoms with Gasteiger partial charge in [-0.2, -0.15) is 5.10 Å². The maximum atomic E-state index is 13.3. The fourth-order valence-corrected chi connectivity index (χ4v) is 8.00. The minimum Gasteiger partial charge on any atom is -0.493 e. The second-order valence-corrected chi connectivity index (χ2v) is 13.8. The minimum absolute atomic E-state index is 0.0603. The van der Waals surface area contributed by atoms with Gasteiger partial charge in [-0.1, -0.05) is 48.2 Å². The lowest BCUT2D eigenvalue weighted by Crippen LogP contribution is -2.54. The summed E-state index contributed by atoms with van der Waals surface area (Å²) in [5.74, 6) is 6.41. The number of nitrogens with one attached hydrogen (secondary N) is 1. The lowest BCUT2D eigenvalue weighted by molar-refractivity contribution is -0.136. The van der Waals surface area contributed by atoms with E-state index in [1.165, 1.54) is 5.56 Å². The summed E-state index contributed by atoms with van der Waals surface area (Å²) in [5.41, 5.74) is 4.58. The number of benzene rings is 2.